The van der Waals surface area contributed by atoms with Gasteiger partial charge >= 0.3 is 0 Å². The van der Waals surface area contributed by atoms with Crippen LogP contribution in [0.4, 0.5) is 0 Å². The van der Waals surface area contributed by atoms with Crippen LogP contribution in [0.1, 0.15) is 31.9 Å². The zero-order valence-electron chi connectivity index (χ0n) is 15.6. The van der Waals surface area contributed by atoms with Crippen LogP contribution in [0.5, 0.6) is 0 Å². The summed E-state index contributed by atoms with van der Waals surface area (Å²) in [6.07, 6.45) is 6.54. The maximum absolute atomic E-state index is 4.25. The van der Waals surface area contributed by atoms with Gasteiger partial charge in [0.05, 0.1) is 6.33 Å². The molecule has 2 rings (SSSR count). The molecule has 0 radical (unpaired) electrons. The van der Waals surface area contributed by atoms with Crippen molar-refractivity contribution >= 4 is 29.9 Å². The molecule has 2 aromatic rings. The van der Waals surface area contributed by atoms with E-state index in [2.05, 4.69) is 65.6 Å². The first kappa shape index (κ1) is 21.5. The van der Waals surface area contributed by atoms with Crippen LogP contribution in [-0.4, -0.2) is 35.6 Å². The van der Waals surface area contributed by atoms with Crippen LogP contribution in [-0.2, 0) is 18.4 Å². The molecule has 0 fully saturated rings. The molecule has 0 amide bonds. The fraction of sp³-hybridized carbons (Fsp3) is 0.474. The van der Waals surface area contributed by atoms with Crippen LogP contribution < -0.4 is 10.6 Å². The number of rotatable bonds is 6. The zero-order chi connectivity index (χ0) is 17.4. The third-order valence-electron chi connectivity index (χ3n) is 3.97. The summed E-state index contributed by atoms with van der Waals surface area (Å²) in [5.41, 5.74) is 2.92. The Labute approximate surface area is 168 Å². The molecule has 2 N–H and O–H groups in total. The smallest absolute Gasteiger partial charge is 0.191 e. The Hall–Kier alpha value is -1.57. The van der Waals surface area contributed by atoms with Gasteiger partial charge in [-0.3, -0.25) is 4.99 Å². The van der Waals surface area contributed by atoms with E-state index in [1.807, 2.05) is 17.1 Å². The minimum Gasteiger partial charge on any atom is -0.356 e. The molecule has 1 aromatic carbocycles. The molecule has 0 aliphatic carbocycles. The number of nitrogens with zero attached hydrogens (tertiary/aromatic N) is 3. The minimum atomic E-state index is 0. The lowest BCUT2D eigenvalue weighted by Crippen LogP contribution is -2.39. The molecule has 25 heavy (non-hydrogen) atoms. The molecular formula is C19H30IN5. The molecule has 6 heteroatoms. The van der Waals surface area contributed by atoms with Crippen LogP contribution in [0.2, 0.25) is 0 Å². The van der Waals surface area contributed by atoms with E-state index in [1.54, 1.807) is 13.2 Å². The largest absolute Gasteiger partial charge is 0.356 e. The number of hydrogen-bond acceptors (Lipinski definition) is 2. The molecule has 138 valence electrons. The van der Waals surface area contributed by atoms with E-state index >= 15 is 0 Å². The van der Waals surface area contributed by atoms with Gasteiger partial charge in [0.25, 0.3) is 0 Å². The maximum Gasteiger partial charge on any atom is 0.191 e. The average molecular weight is 455 g/mol. The SMILES string of the molecule is CN=C(NCCc1ccc(C(C)(C)C)cc1)NCCn1ccnc1.I. The quantitative estimate of drug-likeness (QED) is 0.400. The summed E-state index contributed by atoms with van der Waals surface area (Å²) in [4.78, 5) is 8.29. The molecule has 0 spiro atoms. The first-order valence-electron chi connectivity index (χ1n) is 8.49. The van der Waals surface area contributed by atoms with Crippen molar-refractivity contribution < 1.29 is 0 Å². The van der Waals surface area contributed by atoms with Crippen LogP contribution in [0.15, 0.2) is 48.0 Å². The molecule has 1 aromatic heterocycles. The Balaban J connectivity index is 0.00000312. The van der Waals surface area contributed by atoms with Gasteiger partial charge < -0.3 is 15.2 Å². The standard InChI is InChI=1S/C19H29N5.HI/c1-19(2,3)17-7-5-16(6-8-17)9-10-22-18(20-4)23-12-14-24-13-11-21-15-24;/h5-8,11,13,15H,9-10,12,14H2,1-4H3,(H2,20,22,23);1H. The number of aliphatic imine (C=N–C) groups is 1. The second-order valence-corrected chi connectivity index (χ2v) is 6.92. The van der Waals surface area contributed by atoms with Crippen molar-refractivity contribution in [2.24, 2.45) is 4.99 Å². The summed E-state index contributed by atoms with van der Waals surface area (Å²) in [5.74, 6) is 0.835. The molecule has 0 saturated heterocycles. The Morgan fingerprint density at radius 3 is 2.36 bits per heavy atom. The highest BCUT2D eigenvalue weighted by Gasteiger charge is 2.12. The highest BCUT2D eigenvalue weighted by atomic mass is 127. The number of aromatic nitrogens is 2. The maximum atomic E-state index is 4.25. The molecule has 0 aliphatic rings. The van der Waals surface area contributed by atoms with Gasteiger partial charge in [0.15, 0.2) is 5.96 Å². The monoisotopic (exact) mass is 455 g/mol. The van der Waals surface area contributed by atoms with E-state index in [-0.39, 0.29) is 29.4 Å². The van der Waals surface area contributed by atoms with E-state index in [1.165, 1.54) is 11.1 Å². The highest BCUT2D eigenvalue weighted by molar-refractivity contribution is 14.0. The van der Waals surface area contributed by atoms with Crippen molar-refractivity contribution in [2.75, 3.05) is 20.1 Å². The van der Waals surface area contributed by atoms with Gasteiger partial charge in [-0.2, -0.15) is 0 Å². The molecule has 5 nitrogen and oxygen atoms in total. The lowest BCUT2D eigenvalue weighted by molar-refractivity contribution is 0.590. The Morgan fingerprint density at radius 1 is 1.12 bits per heavy atom. The first-order chi connectivity index (χ1) is 11.5. The lowest BCUT2D eigenvalue weighted by Gasteiger charge is -2.19. The van der Waals surface area contributed by atoms with Gasteiger partial charge in [0, 0.05) is 39.1 Å². The second kappa shape index (κ2) is 10.4. The minimum absolute atomic E-state index is 0. The van der Waals surface area contributed by atoms with E-state index in [9.17, 15) is 0 Å². The molecule has 0 bridgehead atoms. The average Bonchev–Trinajstić information content (AvgIpc) is 3.06. The number of nitrogens with one attached hydrogen (secondary N) is 2. The van der Waals surface area contributed by atoms with Crippen LogP contribution >= 0.6 is 24.0 Å². The summed E-state index contributed by atoms with van der Waals surface area (Å²) < 4.78 is 2.04. The molecule has 0 atom stereocenters. The Morgan fingerprint density at radius 2 is 1.80 bits per heavy atom. The number of hydrogen-bond donors (Lipinski definition) is 2. The fourth-order valence-corrected chi connectivity index (χ4v) is 2.44. The topological polar surface area (TPSA) is 54.2 Å². The Bertz CT molecular complexity index is 627. The van der Waals surface area contributed by atoms with Gasteiger partial charge in [0.1, 0.15) is 0 Å². The summed E-state index contributed by atoms with van der Waals surface area (Å²) in [6.45, 7) is 9.26. The van der Waals surface area contributed by atoms with Crippen LogP contribution in [0.3, 0.4) is 0 Å². The van der Waals surface area contributed by atoms with Gasteiger partial charge in [0.2, 0.25) is 0 Å². The van der Waals surface area contributed by atoms with Crippen molar-refractivity contribution in [3.63, 3.8) is 0 Å². The Kier molecular flexibility index (Phi) is 8.96. The van der Waals surface area contributed by atoms with Crippen LogP contribution in [0.25, 0.3) is 0 Å². The van der Waals surface area contributed by atoms with E-state index < -0.39 is 0 Å². The normalized spacial score (nSPS) is 11.8. The molecule has 0 aliphatic heterocycles. The summed E-state index contributed by atoms with van der Waals surface area (Å²) >= 11 is 0. The van der Waals surface area contributed by atoms with E-state index in [0.717, 1.165) is 32.0 Å². The summed E-state index contributed by atoms with van der Waals surface area (Å²) in [5, 5.41) is 6.67. The number of guanidine groups is 1. The van der Waals surface area contributed by atoms with Gasteiger partial charge in [-0.05, 0) is 23.0 Å². The number of benzene rings is 1. The fourth-order valence-electron chi connectivity index (χ4n) is 2.44. The van der Waals surface area contributed by atoms with E-state index in [4.69, 9.17) is 0 Å². The van der Waals surface area contributed by atoms with Crippen molar-refractivity contribution in [3.8, 4) is 0 Å². The lowest BCUT2D eigenvalue weighted by atomic mass is 9.86. The van der Waals surface area contributed by atoms with Gasteiger partial charge in [-0.1, -0.05) is 45.0 Å². The summed E-state index contributed by atoms with van der Waals surface area (Å²) in [6, 6.07) is 8.90. The van der Waals surface area contributed by atoms with Crippen LogP contribution in [0, 0.1) is 0 Å². The third-order valence-corrected chi connectivity index (χ3v) is 3.97. The van der Waals surface area contributed by atoms with Crippen molar-refractivity contribution in [1.82, 2.24) is 20.2 Å². The predicted molar refractivity (Wildman–Crippen MR) is 116 cm³/mol. The molecule has 1 heterocycles. The number of halogens is 1. The van der Waals surface area contributed by atoms with Crippen molar-refractivity contribution in [2.45, 2.75) is 39.2 Å². The van der Waals surface area contributed by atoms with Gasteiger partial charge in [-0.15, -0.1) is 24.0 Å². The molecule has 0 unspecified atom stereocenters. The predicted octanol–water partition coefficient (Wildman–Crippen LogP) is 3.21. The van der Waals surface area contributed by atoms with Crippen molar-refractivity contribution in [3.05, 3.63) is 54.1 Å². The third kappa shape index (κ3) is 7.46. The zero-order valence-corrected chi connectivity index (χ0v) is 18.0. The van der Waals surface area contributed by atoms with E-state index in [0.29, 0.717) is 0 Å². The number of imidazole rings is 1. The molecular weight excluding hydrogens is 425 g/mol. The first-order valence-corrected chi connectivity index (χ1v) is 8.49. The van der Waals surface area contributed by atoms with Gasteiger partial charge in [-0.25, -0.2) is 4.98 Å². The summed E-state index contributed by atoms with van der Waals surface area (Å²) in [7, 11) is 1.80. The molecule has 0 saturated carbocycles. The second-order valence-electron chi connectivity index (χ2n) is 6.92. The highest BCUT2D eigenvalue weighted by Crippen LogP contribution is 2.22. The van der Waals surface area contributed by atoms with Crippen molar-refractivity contribution in [1.29, 1.82) is 0 Å².